The molecule has 2 rings (SSSR count). The van der Waals surface area contributed by atoms with Gasteiger partial charge in [0.2, 0.25) is 0 Å². The highest BCUT2D eigenvalue weighted by Gasteiger charge is 2.37. The van der Waals surface area contributed by atoms with Gasteiger partial charge in [0.05, 0.1) is 13.2 Å². The van der Waals surface area contributed by atoms with Crippen LogP contribution in [-0.4, -0.2) is 43.8 Å². The van der Waals surface area contributed by atoms with Crippen LogP contribution in [0.5, 0.6) is 0 Å². The molecule has 2 fully saturated rings. The van der Waals surface area contributed by atoms with Gasteiger partial charge in [0.15, 0.2) is 0 Å². The Morgan fingerprint density at radius 3 is 2.94 bits per heavy atom. The average Bonchev–Trinajstić information content (AvgIpc) is 2.39. The first-order valence-corrected chi connectivity index (χ1v) is 7.71. The Bertz CT molecular complexity index is 259. The van der Waals surface area contributed by atoms with E-state index in [-0.39, 0.29) is 0 Å². The van der Waals surface area contributed by atoms with Gasteiger partial charge >= 0.3 is 0 Å². The highest BCUT2D eigenvalue weighted by molar-refractivity contribution is 4.91. The van der Waals surface area contributed by atoms with Gasteiger partial charge in [-0.3, -0.25) is 4.90 Å². The van der Waals surface area contributed by atoms with E-state index in [4.69, 9.17) is 10.5 Å². The number of nitrogens with two attached hydrogens (primary N) is 1. The second-order valence-electron chi connectivity index (χ2n) is 6.51. The van der Waals surface area contributed by atoms with Crippen LogP contribution >= 0.6 is 0 Å². The van der Waals surface area contributed by atoms with Gasteiger partial charge in [0, 0.05) is 19.1 Å². The first-order chi connectivity index (χ1) is 8.69. The molecule has 18 heavy (non-hydrogen) atoms. The standard InChI is InChI=1S/C15H30N2O/c1-3-14-10-18-8-7-17(14)12-15(11-16)6-4-5-13(2)9-15/h13-14H,3-12,16H2,1-2H3. The van der Waals surface area contributed by atoms with Crippen molar-refractivity contribution in [2.24, 2.45) is 17.1 Å². The third-order valence-electron chi connectivity index (χ3n) is 4.98. The zero-order valence-electron chi connectivity index (χ0n) is 12.2. The molecule has 1 aliphatic carbocycles. The molecule has 0 radical (unpaired) electrons. The Labute approximate surface area is 112 Å². The number of morpholine rings is 1. The molecule has 1 aliphatic heterocycles. The van der Waals surface area contributed by atoms with Crippen LogP contribution in [0.4, 0.5) is 0 Å². The minimum absolute atomic E-state index is 0.377. The lowest BCUT2D eigenvalue weighted by Crippen LogP contribution is -2.52. The van der Waals surface area contributed by atoms with Gasteiger partial charge in [-0.1, -0.05) is 26.7 Å². The quantitative estimate of drug-likeness (QED) is 0.836. The second kappa shape index (κ2) is 6.36. The molecule has 0 bridgehead atoms. The maximum atomic E-state index is 6.15. The molecule has 3 nitrogen and oxygen atoms in total. The van der Waals surface area contributed by atoms with E-state index in [0.717, 1.165) is 32.2 Å². The number of ether oxygens (including phenoxy) is 1. The molecule has 0 amide bonds. The average molecular weight is 254 g/mol. The summed E-state index contributed by atoms with van der Waals surface area (Å²) in [7, 11) is 0. The van der Waals surface area contributed by atoms with Crippen molar-refractivity contribution in [3.8, 4) is 0 Å². The van der Waals surface area contributed by atoms with Gasteiger partial charge in [-0.05, 0) is 37.1 Å². The number of rotatable bonds is 4. The monoisotopic (exact) mass is 254 g/mol. The van der Waals surface area contributed by atoms with Gasteiger partial charge < -0.3 is 10.5 Å². The van der Waals surface area contributed by atoms with Crippen molar-refractivity contribution in [3.63, 3.8) is 0 Å². The van der Waals surface area contributed by atoms with Gasteiger partial charge in [-0.2, -0.15) is 0 Å². The third kappa shape index (κ3) is 3.25. The van der Waals surface area contributed by atoms with Crippen molar-refractivity contribution < 1.29 is 4.74 Å². The van der Waals surface area contributed by atoms with Crippen molar-refractivity contribution in [1.29, 1.82) is 0 Å². The lowest BCUT2D eigenvalue weighted by atomic mass is 9.69. The molecule has 0 aromatic carbocycles. The van der Waals surface area contributed by atoms with Gasteiger partial charge in [0.25, 0.3) is 0 Å². The first kappa shape index (κ1) is 14.3. The molecule has 3 unspecified atom stereocenters. The lowest BCUT2D eigenvalue weighted by molar-refractivity contribution is -0.0360. The Kier molecular flexibility index (Phi) is 5.05. The van der Waals surface area contributed by atoms with Crippen molar-refractivity contribution in [2.45, 2.75) is 52.0 Å². The molecule has 0 aromatic heterocycles. The molecule has 1 heterocycles. The van der Waals surface area contributed by atoms with E-state index < -0.39 is 0 Å². The Morgan fingerprint density at radius 1 is 1.44 bits per heavy atom. The Morgan fingerprint density at radius 2 is 2.28 bits per heavy atom. The van der Waals surface area contributed by atoms with Gasteiger partial charge in [0.1, 0.15) is 0 Å². The SMILES string of the molecule is CCC1COCCN1CC1(CN)CCCC(C)C1. The highest BCUT2D eigenvalue weighted by atomic mass is 16.5. The summed E-state index contributed by atoms with van der Waals surface area (Å²) in [5, 5.41) is 0. The van der Waals surface area contributed by atoms with Crippen molar-refractivity contribution in [3.05, 3.63) is 0 Å². The molecular formula is C15H30N2O. The van der Waals surface area contributed by atoms with Crippen LogP contribution in [0.15, 0.2) is 0 Å². The molecule has 1 saturated heterocycles. The van der Waals surface area contributed by atoms with Crippen LogP contribution in [0.25, 0.3) is 0 Å². The predicted molar refractivity (Wildman–Crippen MR) is 75.6 cm³/mol. The molecule has 0 aromatic rings. The van der Waals surface area contributed by atoms with Crippen LogP contribution in [0.2, 0.25) is 0 Å². The fourth-order valence-electron chi connectivity index (χ4n) is 3.87. The lowest BCUT2D eigenvalue weighted by Gasteiger charge is -2.46. The van der Waals surface area contributed by atoms with Crippen molar-refractivity contribution >= 4 is 0 Å². The van der Waals surface area contributed by atoms with Crippen molar-refractivity contribution in [2.75, 3.05) is 32.8 Å². The molecular weight excluding hydrogens is 224 g/mol. The maximum absolute atomic E-state index is 6.15. The summed E-state index contributed by atoms with van der Waals surface area (Å²) in [6.07, 6.45) is 6.58. The van der Waals surface area contributed by atoms with E-state index in [0.29, 0.717) is 11.5 Å². The Hall–Kier alpha value is -0.120. The molecule has 2 aliphatic rings. The van der Waals surface area contributed by atoms with Crippen LogP contribution in [-0.2, 0) is 4.74 Å². The van der Waals surface area contributed by atoms with Crippen LogP contribution < -0.4 is 5.73 Å². The summed E-state index contributed by atoms with van der Waals surface area (Å²) in [6, 6.07) is 0.611. The third-order valence-corrected chi connectivity index (χ3v) is 4.98. The first-order valence-electron chi connectivity index (χ1n) is 7.71. The molecule has 3 atom stereocenters. The van der Waals surface area contributed by atoms with E-state index in [2.05, 4.69) is 18.7 Å². The minimum atomic E-state index is 0.377. The van der Waals surface area contributed by atoms with E-state index in [1.807, 2.05) is 0 Å². The van der Waals surface area contributed by atoms with E-state index in [1.54, 1.807) is 0 Å². The zero-order valence-corrected chi connectivity index (χ0v) is 12.2. The summed E-state index contributed by atoms with van der Waals surface area (Å²) in [4.78, 5) is 2.65. The number of nitrogens with zero attached hydrogens (tertiary/aromatic N) is 1. The number of hydrogen-bond acceptors (Lipinski definition) is 3. The molecule has 106 valence electrons. The zero-order chi connectivity index (χ0) is 13.0. The second-order valence-corrected chi connectivity index (χ2v) is 6.51. The fourth-order valence-corrected chi connectivity index (χ4v) is 3.87. The largest absolute Gasteiger partial charge is 0.378 e. The van der Waals surface area contributed by atoms with Crippen molar-refractivity contribution in [1.82, 2.24) is 4.90 Å². The summed E-state index contributed by atoms with van der Waals surface area (Å²) in [5.74, 6) is 0.850. The molecule has 1 saturated carbocycles. The molecule has 0 spiro atoms. The highest BCUT2D eigenvalue weighted by Crippen LogP contribution is 2.39. The topological polar surface area (TPSA) is 38.5 Å². The van der Waals surface area contributed by atoms with E-state index in [9.17, 15) is 0 Å². The normalized spacial score (nSPS) is 38.8. The van der Waals surface area contributed by atoms with E-state index >= 15 is 0 Å². The smallest absolute Gasteiger partial charge is 0.0622 e. The predicted octanol–water partition coefficient (Wildman–Crippen LogP) is 2.25. The maximum Gasteiger partial charge on any atom is 0.0622 e. The summed E-state index contributed by atoms with van der Waals surface area (Å²) < 4.78 is 5.61. The van der Waals surface area contributed by atoms with Gasteiger partial charge in [-0.25, -0.2) is 0 Å². The minimum Gasteiger partial charge on any atom is -0.378 e. The number of hydrogen-bond donors (Lipinski definition) is 1. The molecule has 3 heteroatoms. The van der Waals surface area contributed by atoms with Crippen LogP contribution in [0, 0.1) is 11.3 Å². The summed E-state index contributed by atoms with van der Waals surface area (Å²) in [5.41, 5.74) is 6.52. The van der Waals surface area contributed by atoms with Crippen LogP contribution in [0.3, 0.4) is 0 Å². The summed E-state index contributed by atoms with van der Waals surface area (Å²) >= 11 is 0. The molecule has 2 N–H and O–H groups in total. The van der Waals surface area contributed by atoms with E-state index in [1.165, 1.54) is 38.6 Å². The van der Waals surface area contributed by atoms with Gasteiger partial charge in [-0.15, -0.1) is 0 Å². The van der Waals surface area contributed by atoms with Crippen LogP contribution in [0.1, 0.15) is 46.0 Å². The Balaban J connectivity index is 1.99. The fraction of sp³-hybridized carbons (Fsp3) is 1.00. The summed E-state index contributed by atoms with van der Waals surface area (Å²) in [6.45, 7) is 9.60.